The summed E-state index contributed by atoms with van der Waals surface area (Å²) >= 11 is 0. The van der Waals surface area contributed by atoms with Gasteiger partial charge < -0.3 is 9.84 Å². The SMILES string of the molecule is Cc1ccc(C(=O)O)c(-c2ccc3c(c2)CCO3)c1. The molecule has 1 heterocycles. The molecule has 0 spiro atoms. The first kappa shape index (κ1) is 11.8. The van der Waals surface area contributed by atoms with Gasteiger partial charge in [-0.2, -0.15) is 0 Å². The van der Waals surface area contributed by atoms with E-state index in [9.17, 15) is 9.90 Å². The minimum Gasteiger partial charge on any atom is -0.493 e. The molecule has 0 unspecified atom stereocenters. The Hall–Kier alpha value is -2.29. The summed E-state index contributed by atoms with van der Waals surface area (Å²) in [5, 5.41) is 9.29. The highest BCUT2D eigenvalue weighted by atomic mass is 16.5. The van der Waals surface area contributed by atoms with Crippen molar-refractivity contribution in [3.63, 3.8) is 0 Å². The summed E-state index contributed by atoms with van der Waals surface area (Å²) in [6.45, 7) is 2.67. The van der Waals surface area contributed by atoms with Gasteiger partial charge in [0.15, 0.2) is 0 Å². The molecule has 0 radical (unpaired) electrons. The number of hydrogen-bond acceptors (Lipinski definition) is 2. The number of aromatic carboxylic acids is 1. The summed E-state index contributed by atoms with van der Waals surface area (Å²) in [5.74, 6) is 0.0139. The van der Waals surface area contributed by atoms with Gasteiger partial charge in [-0.3, -0.25) is 0 Å². The van der Waals surface area contributed by atoms with Gasteiger partial charge in [0.05, 0.1) is 12.2 Å². The van der Waals surface area contributed by atoms with E-state index in [1.807, 2.05) is 37.3 Å². The Balaban J connectivity index is 2.16. The maximum absolute atomic E-state index is 11.3. The van der Waals surface area contributed by atoms with E-state index in [1.165, 1.54) is 0 Å². The van der Waals surface area contributed by atoms with E-state index in [1.54, 1.807) is 6.07 Å². The lowest BCUT2D eigenvalue weighted by Crippen LogP contribution is -2.00. The Morgan fingerprint density at radius 1 is 1.21 bits per heavy atom. The molecule has 1 N–H and O–H groups in total. The number of carboxylic acids is 1. The molecule has 0 bridgehead atoms. The number of aryl methyl sites for hydroxylation is 1. The third-order valence-corrected chi connectivity index (χ3v) is 3.41. The van der Waals surface area contributed by atoms with Gasteiger partial charge in [0.1, 0.15) is 5.75 Å². The van der Waals surface area contributed by atoms with Crippen LogP contribution in [0.5, 0.6) is 5.75 Å². The lowest BCUT2D eigenvalue weighted by atomic mass is 9.96. The molecular weight excluding hydrogens is 240 g/mol. The van der Waals surface area contributed by atoms with E-state index in [0.29, 0.717) is 12.2 Å². The summed E-state index contributed by atoms with van der Waals surface area (Å²) < 4.78 is 5.47. The van der Waals surface area contributed by atoms with E-state index < -0.39 is 5.97 Å². The van der Waals surface area contributed by atoms with Crippen LogP contribution < -0.4 is 4.74 Å². The molecule has 3 rings (SSSR count). The van der Waals surface area contributed by atoms with Crippen LogP contribution in [0.1, 0.15) is 21.5 Å². The van der Waals surface area contributed by atoms with Crippen molar-refractivity contribution in [1.82, 2.24) is 0 Å². The average Bonchev–Trinajstić information content (AvgIpc) is 2.85. The van der Waals surface area contributed by atoms with Crippen LogP contribution in [0.25, 0.3) is 11.1 Å². The zero-order chi connectivity index (χ0) is 13.4. The van der Waals surface area contributed by atoms with Crippen LogP contribution in [-0.2, 0) is 6.42 Å². The summed E-state index contributed by atoms with van der Waals surface area (Å²) in [7, 11) is 0. The standard InChI is InChI=1S/C16H14O3/c1-10-2-4-13(16(17)18)14(8-10)11-3-5-15-12(9-11)6-7-19-15/h2-5,8-9H,6-7H2,1H3,(H,17,18). The second-order valence-corrected chi connectivity index (χ2v) is 4.78. The molecule has 0 amide bonds. The van der Waals surface area contributed by atoms with Crippen LogP contribution in [0.15, 0.2) is 36.4 Å². The lowest BCUT2D eigenvalue weighted by molar-refractivity contribution is 0.0697. The van der Waals surface area contributed by atoms with Crippen LogP contribution in [0, 0.1) is 6.92 Å². The topological polar surface area (TPSA) is 46.5 Å². The molecule has 0 saturated carbocycles. The number of fused-ring (bicyclic) bond motifs is 1. The monoisotopic (exact) mass is 254 g/mol. The zero-order valence-corrected chi connectivity index (χ0v) is 10.6. The van der Waals surface area contributed by atoms with Gasteiger partial charge in [-0.15, -0.1) is 0 Å². The first-order chi connectivity index (χ1) is 9.15. The molecule has 3 heteroatoms. The summed E-state index contributed by atoms with van der Waals surface area (Å²) in [6, 6.07) is 11.3. The van der Waals surface area contributed by atoms with Crippen LogP contribution in [0.4, 0.5) is 0 Å². The highest BCUT2D eigenvalue weighted by molar-refractivity contribution is 5.96. The lowest BCUT2D eigenvalue weighted by Gasteiger charge is -2.09. The second-order valence-electron chi connectivity index (χ2n) is 4.78. The maximum Gasteiger partial charge on any atom is 0.336 e. The van der Waals surface area contributed by atoms with Crippen molar-refractivity contribution in [2.45, 2.75) is 13.3 Å². The molecular formula is C16H14O3. The van der Waals surface area contributed by atoms with Crippen LogP contribution in [-0.4, -0.2) is 17.7 Å². The summed E-state index contributed by atoms with van der Waals surface area (Å²) in [6.07, 6.45) is 0.886. The largest absolute Gasteiger partial charge is 0.493 e. The first-order valence-electron chi connectivity index (χ1n) is 6.25. The molecule has 0 aliphatic carbocycles. The van der Waals surface area contributed by atoms with Crippen molar-refractivity contribution in [2.75, 3.05) is 6.61 Å². The minimum absolute atomic E-state index is 0.337. The van der Waals surface area contributed by atoms with Crippen molar-refractivity contribution in [2.24, 2.45) is 0 Å². The van der Waals surface area contributed by atoms with Crippen LogP contribution in [0.3, 0.4) is 0 Å². The third kappa shape index (κ3) is 2.08. The molecule has 0 atom stereocenters. The number of ether oxygens (including phenoxy) is 1. The normalized spacial score (nSPS) is 12.9. The van der Waals surface area contributed by atoms with Gasteiger partial charge in [-0.25, -0.2) is 4.79 Å². The molecule has 0 aromatic heterocycles. The maximum atomic E-state index is 11.3. The van der Waals surface area contributed by atoms with Crippen LogP contribution >= 0.6 is 0 Å². The highest BCUT2D eigenvalue weighted by Crippen LogP contribution is 2.32. The molecule has 2 aromatic rings. The van der Waals surface area contributed by atoms with Gasteiger partial charge in [0, 0.05) is 6.42 Å². The Bertz CT molecular complexity index is 659. The second kappa shape index (κ2) is 4.43. The van der Waals surface area contributed by atoms with Crippen LogP contribution in [0.2, 0.25) is 0 Å². The molecule has 0 saturated heterocycles. The van der Waals surface area contributed by atoms with Gasteiger partial charge in [-0.1, -0.05) is 23.8 Å². The molecule has 1 aliphatic rings. The predicted molar refractivity (Wildman–Crippen MR) is 72.8 cm³/mol. The van der Waals surface area contributed by atoms with Gasteiger partial charge in [0.2, 0.25) is 0 Å². The molecule has 1 aliphatic heterocycles. The quantitative estimate of drug-likeness (QED) is 0.894. The zero-order valence-electron chi connectivity index (χ0n) is 10.6. The van der Waals surface area contributed by atoms with Crippen molar-refractivity contribution in [1.29, 1.82) is 0 Å². The Morgan fingerprint density at radius 3 is 2.84 bits per heavy atom. The Kier molecular flexibility index (Phi) is 2.75. The molecule has 2 aromatic carbocycles. The van der Waals surface area contributed by atoms with E-state index in [-0.39, 0.29) is 0 Å². The van der Waals surface area contributed by atoms with E-state index in [2.05, 4.69) is 0 Å². The van der Waals surface area contributed by atoms with Crippen molar-refractivity contribution in [3.05, 3.63) is 53.1 Å². The van der Waals surface area contributed by atoms with E-state index in [4.69, 9.17) is 4.74 Å². The highest BCUT2D eigenvalue weighted by Gasteiger charge is 2.16. The minimum atomic E-state index is -0.897. The van der Waals surface area contributed by atoms with E-state index >= 15 is 0 Å². The molecule has 19 heavy (non-hydrogen) atoms. The average molecular weight is 254 g/mol. The smallest absolute Gasteiger partial charge is 0.336 e. The summed E-state index contributed by atoms with van der Waals surface area (Å²) in [4.78, 5) is 11.3. The fourth-order valence-corrected chi connectivity index (χ4v) is 2.44. The number of carboxylic acid groups (broad SMARTS) is 1. The van der Waals surface area contributed by atoms with Crippen molar-refractivity contribution >= 4 is 5.97 Å². The number of hydrogen-bond donors (Lipinski definition) is 1. The number of benzene rings is 2. The molecule has 0 fully saturated rings. The Labute approximate surface area is 111 Å². The van der Waals surface area contributed by atoms with Crippen molar-refractivity contribution in [3.8, 4) is 16.9 Å². The van der Waals surface area contributed by atoms with Gasteiger partial charge in [-0.05, 0) is 41.8 Å². The third-order valence-electron chi connectivity index (χ3n) is 3.41. The first-order valence-corrected chi connectivity index (χ1v) is 6.25. The predicted octanol–water partition coefficient (Wildman–Crippen LogP) is 3.30. The number of carbonyl (C=O) groups is 1. The Morgan fingerprint density at radius 2 is 2.05 bits per heavy atom. The van der Waals surface area contributed by atoms with Gasteiger partial charge in [0.25, 0.3) is 0 Å². The summed E-state index contributed by atoms with van der Waals surface area (Å²) in [5.41, 5.74) is 4.24. The number of rotatable bonds is 2. The molecule has 96 valence electrons. The van der Waals surface area contributed by atoms with Crippen molar-refractivity contribution < 1.29 is 14.6 Å². The fraction of sp³-hybridized carbons (Fsp3) is 0.188. The molecule has 3 nitrogen and oxygen atoms in total. The van der Waals surface area contributed by atoms with E-state index in [0.717, 1.165) is 34.4 Å². The fourth-order valence-electron chi connectivity index (χ4n) is 2.44. The van der Waals surface area contributed by atoms with Gasteiger partial charge >= 0.3 is 5.97 Å².